The molecule has 4 heteroatoms. The number of rotatable bonds is 2. The minimum atomic E-state index is -0.495. The Kier molecular flexibility index (Phi) is 1.91. The predicted octanol–water partition coefficient (Wildman–Crippen LogP) is -0.489. The second kappa shape index (κ2) is 2.38. The first-order chi connectivity index (χ1) is 4.25. The molecule has 0 radical (unpaired) electrons. The van der Waals surface area contributed by atoms with E-state index in [9.17, 15) is 5.21 Å². The molecule has 1 saturated heterocycles. The number of hydrogen-bond acceptors (Lipinski definition) is 3. The highest BCUT2D eigenvalue weighted by molar-refractivity contribution is 7.80. The summed E-state index contributed by atoms with van der Waals surface area (Å²) < 4.78 is 0. The summed E-state index contributed by atoms with van der Waals surface area (Å²) in [5, 5.41) is 13.9. The Balaban J connectivity index is 2.69. The lowest BCUT2D eigenvalue weighted by Crippen LogP contribution is -3.24. The van der Waals surface area contributed by atoms with Crippen LogP contribution in [0, 0.1) is 5.21 Å². The standard InChI is InChI=1S/C5H7NOS2/c7-6-2-1-5(6,3-8)4-9/h3-4,6H,1-2H2. The van der Waals surface area contributed by atoms with Crippen LogP contribution in [-0.4, -0.2) is 22.8 Å². The van der Waals surface area contributed by atoms with Crippen molar-refractivity contribution in [2.45, 2.75) is 12.0 Å². The molecule has 0 spiro atoms. The second-order valence-corrected chi connectivity index (χ2v) is 2.67. The molecular formula is C5H7NOS2. The van der Waals surface area contributed by atoms with Crippen molar-refractivity contribution in [1.29, 1.82) is 0 Å². The fraction of sp³-hybridized carbons (Fsp3) is 0.600. The molecule has 0 aromatic heterocycles. The molecule has 1 aliphatic heterocycles. The zero-order chi connectivity index (χ0) is 6.91. The molecule has 0 saturated carbocycles. The maximum absolute atomic E-state index is 10.8. The van der Waals surface area contributed by atoms with Crippen LogP contribution in [0.1, 0.15) is 6.42 Å². The highest BCUT2D eigenvalue weighted by Gasteiger charge is 2.41. The van der Waals surface area contributed by atoms with Crippen molar-refractivity contribution in [2.75, 3.05) is 6.54 Å². The summed E-state index contributed by atoms with van der Waals surface area (Å²) in [4.78, 5) is 0. The number of nitrogens with one attached hydrogen (secondary N) is 1. The first kappa shape index (κ1) is 7.21. The van der Waals surface area contributed by atoms with E-state index in [1.54, 1.807) is 0 Å². The smallest absolute Gasteiger partial charge is 0.161 e. The average Bonchev–Trinajstić information content (AvgIpc) is 1.89. The molecule has 1 heterocycles. The van der Waals surface area contributed by atoms with Crippen LogP contribution in [0.2, 0.25) is 0 Å². The van der Waals surface area contributed by atoms with E-state index in [2.05, 4.69) is 24.4 Å². The van der Waals surface area contributed by atoms with Crippen molar-refractivity contribution in [3.05, 3.63) is 5.21 Å². The summed E-state index contributed by atoms with van der Waals surface area (Å²) in [6.45, 7) is 0.639. The zero-order valence-corrected chi connectivity index (χ0v) is 6.43. The van der Waals surface area contributed by atoms with E-state index in [1.807, 2.05) is 0 Å². The molecule has 1 rings (SSSR count). The quantitative estimate of drug-likeness (QED) is 0.437. The Morgan fingerprint density at radius 3 is 2.00 bits per heavy atom. The van der Waals surface area contributed by atoms with Gasteiger partial charge in [0, 0.05) is 10.7 Å². The van der Waals surface area contributed by atoms with Gasteiger partial charge in [-0.05, 0) is 0 Å². The molecule has 0 aromatic carbocycles. The number of quaternary nitrogens is 1. The van der Waals surface area contributed by atoms with Crippen molar-refractivity contribution in [2.24, 2.45) is 0 Å². The van der Waals surface area contributed by atoms with E-state index in [0.717, 1.165) is 6.42 Å². The van der Waals surface area contributed by atoms with E-state index < -0.39 is 5.54 Å². The minimum absolute atomic E-state index is 0.174. The topological polar surface area (TPSA) is 27.5 Å². The van der Waals surface area contributed by atoms with E-state index in [4.69, 9.17) is 0 Å². The van der Waals surface area contributed by atoms with Gasteiger partial charge in [0.25, 0.3) is 0 Å². The molecule has 9 heavy (non-hydrogen) atoms. The van der Waals surface area contributed by atoms with Crippen LogP contribution in [-0.2, 0) is 0 Å². The summed E-state index contributed by atoms with van der Waals surface area (Å²) in [7, 11) is 0. The van der Waals surface area contributed by atoms with Gasteiger partial charge in [-0.2, -0.15) is 0 Å². The lowest BCUT2D eigenvalue weighted by molar-refractivity contribution is -0.922. The number of hydrogen-bond donors (Lipinski definition) is 1. The Morgan fingerprint density at radius 1 is 1.44 bits per heavy atom. The molecule has 1 aliphatic rings. The zero-order valence-electron chi connectivity index (χ0n) is 4.79. The molecule has 1 unspecified atom stereocenters. The van der Waals surface area contributed by atoms with Gasteiger partial charge in [-0.15, -0.1) is 0 Å². The molecule has 0 aliphatic carbocycles. The van der Waals surface area contributed by atoms with Crippen LogP contribution in [0.15, 0.2) is 0 Å². The van der Waals surface area contributed by atoms with Gasteiger partial charge in [-0.3, -0.25) is 0 Å². The van der Waals surface area contributed by atoms with Gasteiger partial charge in [0.15, 0.2) is 5.54 Å². The molecule has 50 valence electrons. The molecule has 0 bridgehead atoms. The third kappa shape index (κ3) is 0.920. The Hall–Kier alpha value is 0.100. The fourth-order valence-corrected chi connectivity index (χ4v) is 1.51. The molecule has 0 amide bonds. The molecular weight excluding hydrogens is 154 g/mol. The van der Waals surface area contributed by atoms with E-state index >= 15 is 0 Å². The third-order valence-electron chi connectivity index (χ3n) is 1.71. The summed E-state index contributed by atoms with van der Waals surface area (Å²) in [6, 6.07) is 0. The van der Waals surface area contributed by atoms with Gasteiger partial charge in [-0.1, -0.05) is 24.4 Å². The van der Waals surface area contributed by atoms with Gasteiger partial charge in [-0.25, -0.2) is 0 Å². The summed E-state index contributed by atoms with van der Waals surface area (Å²) >= 11 is 9.34. The first-order valence-corrected chi connectivity index (χ1v) is 3.65. The Morgan fingerprint density at radius 2 is 2.00 bits per heavy atom. The lowest BCUT2D eigenvalue weighted by atomic mass is 9.92. The van der Waals surface area contributed by atoms with Crippen LogP contribution in [0.3, 0.4) is 0 Å². The average molecular weight is 161 g/mol. The van der Waals surface area contributed by atoms with Crippen LogP contribution < -0.4 is 5.06 Å². The molecule has 1 N–H and O–H groups in total. The van der Waals surface area contributed by atoms with Crippen LogP contribution in [0.25, 0.3) is 0 Å². The summed E-state index contributed by atoms with van der Waals surface area (Å²) in [5.74, 6) is 0. The monoisotopic (exact) mass is 161 g/mol. The first-order valence-electron chi connectivity index (χ1n) is 2.71. The highest BCUT2D eigenvalue weighted by Crippen LogP contribution is 2.06. The fourth-order valence-electron chi connectivity index (χ4n) is 0.793. The largest absolute Gasteiger partial charge is 0.633 e. The normalized spacial score (nSPS) is 30.6. The molecule has 1 atom stereocenters. The van der Waals surface area contributed by atoms with Crippen molar-refractivity contribution < 1.29 is 5.06 Å². The second-order valence-electron chi connectivity index (χ2n) is 2.20. The van der Waals surface area contributed by atoms with Crippen LogP contribution in [0.4, 0.5) is 0 Å². The van der Waals surface area contributed by atoms with E-state index in [0.29, 0.717) is 6.54 Å². The van der Waals surface area contributed by atoms with Gasteiger partial charge in [0.2, 0.25) is 0 Å². The maximum atomic E-state index is 10.8. The summed E-state index contributed by atoms with van der Waals surface area (Å²) in [5.41, 5.74) is -0.495. The van der Waals surface area contributed by atoms with Gasteiger partial charge in [0.1, 0.15) is 0 Å². The lowest BCUT2D eigenvalue weighted by Gasteiger charge is -2.46. The third-order valence-corrected chi connectivity index (χ3v) is 2.55. The van der Waals surface area contributed by atoms with Crippen molar-refractivity contribution in [3.8, 4) is 0 Å². The van der Waals surface area contributed by atoms with Crippen molar-refractivity contribution in [3.63, 3.8) is 0 Å². The van der Waals surface area contributed by atoms with Gasteiger partial charge < -0.3 is 10.3 Å². The van der Waals surface area contributed by atoms with Crippen LogP contribution in [0.5, 0.6) is 0 Å². The molecule has 2 nitrogen and oxygen atoms in total. The van der Waals surface area contributed by atoms with Crippen molar-refractivity contribution in [1.82, 2.24) is 0 Å². The van der Waals surface area contributed by atoms with E-state index in [1.165, 1.54) is 10.7 Å². The number of thiocarbonyl (C=S) groups is 2. The predicted molar refractivity (Wildman–Crippen MR) is 43.9 cm³/mol. The minimum Gasteiger partial charge on any atom is -0.633 e. The van der Waals surface area contributed by atoms with Crippen molar-refractivity contribution >= 4 is 35.2 Å². The van der Waals surface area contributed by atoms with Gasteiger partial charge in [0.05, 0.1) is 13.0 Å². The maximum Gasteiger partial charge on any atom is 0.161 e. The summed E-state index contributed by atoms with van der Waals surface area (Å²) in [6.07, 6.45) is 0.818. The molecule has 0 aromatic rings. The Labute approximate surface area is 64.4 Å². The van der Waals surface area contributed by atoms with Crippen LogP contribution >= 0.6 is 24.4 Å². The van der Waals surface area contributed by atoms with Gasteiger partial charge >= 0.3 is 0 Å². The SMILES string of the molecule is [O-][NH+]1CCC1(C=S)C=S. The van der Waals surface area contributed by atoms with E-state index in [-0.39, 0.29) is 5.06 Å². The number of hydroxylamine groups is 2. The Bertz CT molecular complexity index is 140. The highest BCUT2D eigenvalue weighted by atomic mass is 32.1. The molecule has 1 fully saturated rings.